The molecule has 0 aliphatic rings. The van der Waals surface area contributed by atoms with Crippen molar-refractivity contribution in [3.63, 3.8) is 0 Å². The van der Waals surface area contributed by atoms with Gasteiger partial charge in [-0.25, -0.2) is 17.5 Å². The van der Waals surface area contributed by atoms with Crippen LogP contribution in [0.5, 0.6) is 0 Å². The van der Waals surface area contributed by atoms with E-state index in [1.54, 1.807) is 25.1 Å². The Morgan fingerprint density at radius 1 is 1.08 bits per heavy atom. The normalized spacial score (nSPS) is 11.6. The fraction of sp³-hybridized carbons (Fsp3) is 0.125. The molecule has 0 aliphatic heterocycles. The van der Waals surface area contributed by atoms with Crippen LogP contribution in [0.1, 0.15) is 11.5 Å². The summed E-state index contributed by atoms with van der Waals surface area (Å²) in [5.74, 6) is -0.0592. The Balaban J connectivity index is 1.74. The summed E-state index contributed by atoms with van der Waals surface area (Å²) in [4.78, 5) is 0.197. The van der Waals surface area contributed by atoms with Crippen LogP contribution in [0.25, 0.3) is 11.5 Å². The molecule has 0 amide bonds. The predicted octanol–water partition coefficient (Wildman–Crippen LogP) is 2.66. The number of nitrogens with zero attached hydrogens (tertiary/aromatic N) is 2. The molecule has 24 heavy (non-hydrogen) atoms. The number of benzene rings is 2. The minimum absolute atomic E-state index is 0.117. The van der Waals surface area contributed by atoms with Crippen LogP contribution in [0.3, 0.4) is 0 Å². The van der Waals surface area contributed by atoms with Crippen LogP contribution in [-0.4, -0.2) is 18.6 Å². The molecule has 1 heterocycles. The van der Waals surface area contributed by atoms with E-state index in [0.29, 0.717) is 11.1 Å². The number of hydrogen-bond donors (Lipinski definition) is 1. The van der Waals surface area contributed by atoms with Gasteiger partial charge in [0.05, 0.1) is 11.4 Å². The molecular weight excluding hydrogens is 333 g/mol. The Labute approximate surface area is 138 Å². The third-order valence-electron chi connectivity index (χ3n) is 3.35. The Kier molecular flexibility index (Phi) is 4.41. The maximum atomic E-state index is 12.9. The number of rotatable bonds is 5. The summed E-state index contributed by atoms with van der Waals surface area (Å²) in [5.41, 5.74) is 1.19. The van der Waals surface area contributed by atoms with Crippen molar-refractivity contribution < 1.29 is 17.2 Å². The lowest BCUT2D eigenvalue weighted by molar-refractivity contribution is 0.494. The zero-order valence-corrected chi connectivity index (χ0v) is 13.5. The molecule has 6 nitrogen and oxygen atoms in total. The second kappa shape index (κ2) is 6.50. The summed E-state index contributed by atoms with van der Waals surface area (Å²) in [5, 5.41) is 7.63. The molecule has 3 aromatic rings. The van der Waals surface area contributed by atoms with E-state index in [2.05, 4.69) is 14.9 Å². The summed E-state index contributed by atoms with van der Waals surface area (Å²) in [6.07, 6.45) is 0. The van der Waals surface area contributed by atoms with Crippen LogP contribution in [0, 0.1) is 12.7 Å². The van der Waals surface area contributed by atoms with Gasteiger partial charge < -0.3 is 4.42 Å². The molecule has 0 saturated heterocycles. The molecule has 1 N–H and O–H groups in total. The van der Waals surface area contributed by atoms with Crippen LogP contribution in [0.15, 0.2) is 57.8 Å². The van der Waals surface area contributed by atoms with Crippen LogP contribution in [-0.2, 0) is 16.6 Å². The van der Waals surface area contributed by atoms with E-state index in [9.17, 15) is 12.8 Å². The minimum Gasteiger partial charge on any atom is -0.419 e. The average molecular weight is 347 g/mol. The first-order valence-electron chi connectivity index (χ1n) is 7.09. The van der Waals surface area contributed by atoms with Gasteiger partial charge >= 0.3 is 0 Å². The molecule has 0 unspecified atom stereocenters. The Bertz CT molecular complexity index is 953. The van der Waals surface area contributed by atoms with Crippen LogP contribution < -0.4 is 4.72 Å². The summed E-state index contributed by atoms with van der Waals surface area (Å²) < 4.78 is 45.3. The van der Waals surface area contributed by atoms with Gasteiger partial charge in [-0.2, -0.15) is 0 Å². The molecule has 0 atom stereocenters. The summed E-state index contributed by atoms with van der Waals surface area (Å²) >= 11 is 0. The minimum atomic E-state index is -3.68. The van der Waals surface area contributed by atoms with Gasteiger partial charge in [0.2, 0.25) is 21.8 Å². The SMILES string of the molecule is Cc1ccccc1S(=O)(=O)NCc1nnc(-c2ccc(F)cc2)o1. The van der Waals surface area contributed by atoms with Gasteiger partial charge in [0.1, 0.15) is 5.82 Å². The van der Waals surface area contributed by atoms with Gasteiger partial charge in [-0.3, -0.25) is 0 Å². The molecule has 0 radical (unpaired) electrons. The lowest BCUT2D eigenvalue weighted by atomic mass is 10.2. The van der Waals surface area contributed by atoms with Crippen LogP contribution >= 0.6 is 0 Å². The molecule has 0 fully saturated rings. The Morgan fingerprint density at radius 2 is 1.79 bits per heavy atom. The van der Waals surface area contributed by atoms with Crippen LogP contribution in [0.2, 0.25) is 0 Å². The van der Waals surface area contributed by atoms with Gasteiger partial charge in [-0.15, -0.1) is 10.2 Å². The van der Waals surface area contributed by atoms with Gasteiger partial charge in [-0.05, 0) is 42.8 Å². The smallest absolute Gasteiger partial charge is 0.247 e. The summed E-state index contributed by atoms with van der Waals surface area (Å²) in [7, 11) is -3.68. The van der Waals surface area contributed by atoms with Gasteiger partial charge in [-0.1, -0.05) is 18.2 Å². The monoisotopic (exact) mass is 347 g/mol. The molecule has 0 aliphatic carbocycles. The van der Waals surface area contributed by atoms with Crippen molar-refractivity contribution in [2.45, 2.75) is 18.4 Å². The van der Waals surface area contributed by atoms with Crippen molar-refractivity contribution in [2.24, 2.45) is 0 Å². The first kappa shape index (κ1) is 16.3. The highest BCUT2D eigenvalue weighted by Gasteiger charge is 2.17. The van der Waals surface area contributed by atoms with Crippen molar-refractivity contribution in [2.75, 3.05) is 0 Å². The topological polar surface area (TPSA) is 85.1 Å². The highest BCUT2D eigenvalue weighted by molar-refractivity contribution is 7.89. The number of halogens is 1. The quantitative estimate of drug-likeness (QED) is 0.767. The predicted molar refractivity (Wildman–Crippen MR) is 84.9 cm³/mol. The number of sulfonamides is 1. The molecule has 1 aromatic heterocycles. The van der Waals surface area contributed by atoms with Crippen molar-refractivity contribution in [1.29, 1.82) is 0 Å². The number of hydrogen-bond acceptors (Lipinski definition) is 5. The number of aryl methyl sites for hydroxylation is 1. The van der Waals surface area contributed by atoms with Gasteiger partial charge in [0.15, 0.2) is 0 Å². The van der Waals surface area contributed by atoms with E-state index in [1.807, 2.05) is 0 Å². The lowest BCUT2D eigenvalue weighted by Crippen LogP contribution is -2.24. The fourth-order valence-corrected chi connectivity index (χ4v) is 3.35. The third-order valence-corrected chi connectivity index (χ3v) is 4.92. The second-order valence-electron chi connectivity index (χ2n) is 5.10. The number of aromatic nitrogens is 2. The van der Waals surface area contributed by atoms with Crippen molar-refractivity contribution in [3.8, 4) is 11.5 Å². The van der Waals surface area contributed by atoms with E-state index in [4.69, 9.17) is 4.42 Å². The molecule has 124 valence electrons. The van der Waals surface area contributed by atoms with E-state index < -0.39 is 10.0 Å². The Hall–Kier alpha value is -2.58. The highest BCUT2D eigenvalue weighted by atomic mass is 32.2. The molecule has 2 aromatic carbocycles. The van der Waals surface area contributed by atoms with Crippen molar-refractivity contribution in [3.05, 3.63) is 65.8 Å². The van der Waals surface area contributed by atoms with E-state index in [0.717, 1.165) is 0 Å². The summed E-state index contributed by atoms with van der Waals surface area (Å²) in [6.45, 7) is 1.58. The van der Waals surface area contributed by atoms with Crippen LogP contribution in [0.4, 0.5) is 4.39 Å². The lowest BCUT2D eigenvalue weighted by Gasteiger charge is -2.07. The van der Waals surface area contributed by atoms with E-state index >= 15 is 0 Å². The van der Waals surface area contributed by atoms with Gasteiger partial charge in [0, 0.05) is 5.56 Å². The standard InChI is InChI=1S/C16H14FN3O3S/c1-11-4-2-3-5-14(11)24(21,22)18-10-15-19-20-16(23-15)12-6-8-13(17)9-7-12/h2-9,18H,10H2,1H3. The average Bonchev–Trinajstić information content (AvgIpc) is 3.03. The second-order valence-corrected chi connectivity index (χ2v) is 6.83. The Morgan fingerprint density at radius 3 is 2.50 bits per heavy atom. The van der Waals surface area contributed by atoms with E-state index in [1.165, 1.54) is 30.3 Å². The highest BCUT2D eigenvalue weighted by Crippen LogP contribution is 2.19. The molecular formula is C16H14FN3O3S. The zero-order chi connectivity index (χ0) is 17.2. The first-order chi connectivity index (χ1) is 11.5. The van der Waals surface area contributed by atoms with Crippen molar-refractivity contribution >= 4 is 10.0 Å². The van der Waals surface area contributed by atoms with E-state index in [-0.39, 0.29) is 29.0 Å². The maximum absolute atomic E-state index is 12.9. The molecule has 0 saturated carbocycles. The molecule has 8 heteroatoms. The first-order valence-corrected chi connectivity index (χ1v) is 8.58. The van der Waals surface area contributed by atoms with Gasteiger partial charge in [0.25, 0.3) is 0 Å². The molecule has 0 spiro atoms. The zero-order valence-electron chi connectivity index (χ0n) is 12.7. The third kappa shape index (κ3) is 3.50. The largest absolute Gasteiger partial charge is 0.419 e. The fourth-order valence-electron chi connectivity index (χ4n) is 2.13. The maximum Gasteiger partial charge on any atom is 0.247 e. The summed E-state index contributed by atoms with van der Waals surface area (Å²) in [6, 6.07) is 12.2. The van der Waals surface area contributed by atoms with Crippen molar-refractivity contribution in [1.82, 2.24) is 14.9 Å². The number of nitrogens with one attached hydrogen (secondary N) is 1. The molecule has 0 bridgehead atoms. The molecule has 3 rings (SSSR count).